The van der Waals surface area contributed by atoms with Crippen LogP contribution in [-0.2, 0) is 11.2 Å². The summed E-state index contributed by atoms with van der Waals surface area (Å²) in [4.78, 5) is 21.9. The van der Waals surface area contributed by atoms with Gasteiger partial charge < -0.3 is 5.32 Å². The molecule has 0 spiro atoms. The van der Waals surface area contributed by atoms with E-state index in [0.29, 0.717) is 12.1 Å². The molecule has 1 amide bonds. The molecule has 2 aromatic rings. The molecule has 0 bridgehead atoms. The molecule has 0 aliphatic carbocycles. The van der Waals surface area contributed by atoms with Gasteiger partial charge in [0.05, 0.1) is 4.92 Å². The summed E-state index contributed by atoms with van der Waals surface area (Å²) in [7, 11) is 0. The van der Waals surface area contributed by atoms with E-state index in [-0.39, 0.29) is 11.6 Å². The molecule has 22 heavy (non-hydrogen) atoms. The second kappa shape index (κ2) is 7.73. The van der Waals surface area contributed by atoms with Crippen LogP contribution >= 0.6 is 0 Å². The zero-order chi connectivity index (χ0) is 15.8. The van der Waals surface area contributed by atoms with E-state index in [1.165, 1.54) is 18.2 Å². The molecule has 5 nitrogen and oxygen atoms in total. The summed E-state index contributed by atoms with van der Waals surface area (Å²) in [5.74, 6) is -0.220. The lowest BCUT2D eigenvalue weighted by Gasteiger charge is -2.02. The minimum absolute atomic E-state index is 0.00614. The Hall–Kier alpha value is -2.95. The lowest BCUT2D eigenvalue weighted by Crippen LogP contribution is -2.23. The number of nitro groups is 1. The van der Waals surface area contributed by atoms with E-state index < -0.39 is 4.92 Å². The van der Waals surface area contributed by atoms with E-state index in [1.807, 2.05) is 30.3 Å². The van der Waals surface area contributed by atoms with Gasteiger partial charge >= 0.3 is 0 Å². The summed E-state index contributed by atoms with van der Waals surface area (Å²) >= 11 is 0. The highest BCUT2D eigenvalue weighted by Gasteiger charge is 2.04. The van der Waals surface area contributed by atoms with Crippen molar-refractivity contribution in [1.82, 2.24) is 5.32 Å². The van der Waals surface area contributed by atoms with E-state index in [9.17, 15) is 14.9 Å². The van der Waals surface area contributed by atoms with E-state index in [0.717, 1.165) is 12.0 Å². The summed E-state index contributed by atoms with van der Waals surface area (Å²) in [6, 6.07) is 16.0. The molecule has 0 aromatic heterocycles. The second-order valence-electron chi connectivity index (χ2n) is 4.71. The minimum Gasteiger partial charge on any atom is -0.352 e. The van der Waals surface area contributed by atoms with Crippen LogP contribution in [0, 0.1) is 10.1 Å². The molecular formula is C17H16N2O3. The van der Waals surface area contributed by atoms with Crippen molar-refractivity contribution in [3.63, 3.8) is 0 Å². The summed E-state index contributed by atoms with van der Waals surface area (Å²) in [6.45, 7) is 0.544. The zero-order valence-electron chi connectivity index (χ0n) is 11.9. The quantitative estimate of drug-likeness (QED) is 0.506. The summed E-state index contributed by atoms with van der Waals surface area (Å²) in [6.07, 6.45) is 3.70. The van der Waals surface area contributed by atoms with Gasteiger partial charge in [-0.25, -0.2) is 0 Å². The highest BCUT2D eigenvalue weighted by atomic mass is 16.6. The van der Waals surface area contributed by atoms with E-state index in [1.54, 1.807) is 18.2 Å². The van der Waals surface area contributed by atoms with Crippen molar-refractivity contribution < 1.29 is 9.72 Å². The summed E-state index contributed by atoms with van der Waals surface area (Å²) in [5, 5.41) is 13.4. The average Bonchev–Trinajstić information content (AvgIpc) is 2.54. The second-order valence-corrected chi connectivity index (χ2v) is 4.71. The largest absolute Gasteiger partial charge is 0.352 e. The smallest absolute Gasteiger partial charge is 0.270 e. The number of benzene rings is 2. The molecule has 112 valence electrons. The van der Waals surface area contributed by atoms with Crippen molar-refractivity contribution in [2.24, 2.45) is 0 Å². The Morgan fingerprint density at radius 1 is 1.14 bits per heavy atom. The van der Waals surface area contributed by atoms with Gasteiger partial charge in [0.1, 0.15) is 0 Å². The normalized spacial score (nSPS) is 10.5. The number of non-ortho nitro benzene ring substituents is 1. The first kappa shape index (κ1) is 15.4. The van der Waals surface area contributed by atoms with E-state index in [4.69, 9.17) is 0 Å². The molecule has 1 N–H and O–H groups in total. The van der Waals surface area contributed by atoms with Crippen molar-refractivity contribution in [2.45, 2.75) is 6.42 Å². The number of carbonyl (C=O) groups excluding carboxylic acids is 1. The molecule has 0 heterocycles. The Balaban J connectivity index is 1.84. The first-order chi connectivity index (χ1) is 10.6. The number of carbonyl (C=O) groups is 1. The number of nitrogens with zero attached hydrogens (tertiary/aromatic N) is 1. The number of hydrogen-bond donors (Lipinski definition) is 1. The molecular weight excluding hydrogens is 280 g/mol. The molecule has 0 aliphatic rings. The molecule has 0 atom stereocenters. The van der Waals surface area contributed by atoms with Crippen LogP contribution in [0.5, 0.6) is 0 Å². The van der Waals surface area contributed by atoms with Gasteiger partial charge in [0.25, 0.3) is 5.69 Å². The van der Waals surface area contributed by atoms with Crippen molar-refractivity contribution in [3.8, 4) is 0 Å². The molecule has 2 aromatic carbocycles. The van der Waals surface area contributed by atoms with Crippen LogP contribution in [0.2, 0.25) is 0 Å². The molecule has 0 radical (unpaired) electrons. The van der Waals surface area contributed by atoms with Gasteiger partial charge in [-0.15, -0.1) is 0 Å². The Labute approximate surface area is 128 Å². The fourth-order valence-corrected chi connectivity index (χ4v) is 1.95. The predicted octanol–water partition coefficient (Wildman–Crippen LogP) is 2.97. The third kappa shape index (κ3) is 4.86. The van der Waals surface area contributed by atoms with Crippen LogP contribution in [0.3, 0.4) is 0 Å². The number of hydrogen-bond acceptors (Lipinski definition) is 3. The van der Waals surface area contributed by atoms with Crippen molar-refractivity contribution in [1.29, 1.82) is 0 Å². The maximum atomic E-state index is 11.7. The van der Waals surface area contributed by atoms with Gasteiger partial charge in [0, 0.05) is 24.8 Å². The van der Waals surface area contributed by atoms with Gasteiger partial charge in [-0.3, -0.25) is 14.9 Å². The fourth-order valence-electron chi connectivity index (χ4n) is 1.95. The van der Waals surface area contributed by atoms with E-state index >= 15 is 0 Å². The van der Waals surface area contributed by atoms with Gasteiger partial charge in [-0.1, -0.05) is 42.5 Å². The van der Waals surface area contributed by atoms with Crippen LogP contribution in [0.1, 0.15) is 11.1 Å². The molecule has 0 saturated carbocycles. The van der Waals surface area contributed by atoms with Crippen LogP contribution in [-0.4, -0.2) is 17.4 Å². The highest BCUT2D eigenvalue weighted by Crippen LogP contribution is 2.13. The van der Waals surface area contributed by atoms with Gasteiger partial charge in [-0.05, 0) is 23.6 Å². The SMILES string of the molecule is O=C(/C=C/c1cccc([N+](=O)[O-])c1)NCCc1ccccc1. The monoisotopic (exact) mass is 296 g/mol. The maximum Gasteiger partial charge on any atom is 0.270 e. The molecule has 0 fully saturated rings. The van der Waals surface area contributed by atoms with Gasteiger partial charge in [0.2, 0.25) is 5.91 Å². The van der Waals surface area contributed by atoms with Crippen molar-refractivity contribution in [2.75, 3.05) is 6.54 Å². The fraction of sp³-hybridized carbons (Fsp3) is 0.118. The van der Waals surface area contributed by atoms with E-state index in [2.05, 4.69) is 5.32 Å². The third-order valence-corrected chi connectivity index (χ3v) is 3.06. The standard InChI is InChI=1S/C17H16N2O3/c20-17(18-12-11-14-5-2-1-3-6-14)10-9-15-7-4-8-16(13-15)19(21)22/h1-10,13H,11-12H2,(H,18,20)/b10-9+. The Morgan fingerprint density at radius 2 is 1.91 bits per heavy atom. The first-order valence-corrected chi connectivity index (χ1v) is 6.89. The van der Waals surface area contributed by atoms with Crippen LogP contribution < -0.4 is 5.32 Å². The van der Waals surface area contributed by atoms with Crippen molar-refractivity contribution >= 4 is 17.7 Å². The highest BCUT2D eigenvalue weighted by molar-refractivity contribution is 5.91. The molecule has 0 saturated heterocycles. The number of nitrogens with one attached hydrogen (secondary N) is 1. The zero-order valence-corrected chi connectivity index (χ0v) is 11.9. The molecule has 5 heteroatoms. The lowest BCUT2D eigenvalue weighted by molar-refractivity contribution is -0.384. The van der Waals surface area contributed by atoms with Crippen LogP contribution in [0.15, 0.2) is 60.7 Å². The average molecular weight is 296 g/mol. The molecule has 0 unspecified atom stereocenters. The number of rotatable bonds is 6. The lowest BCUT2D eigenvalue weighted by atomic mass is 10.1. The predicted molar refractivity (Wildman–Crippen MR) is 85.3 cm³/mol. The Kier molecular flexibility index (Phi) is 5.43. The minimum atomic E-state index is -0.461. The van der Waals surface area contributed by atoms with Crippen molar-refractivity contribution in [3.05, 3.63) is 81.9 Å². The third-order valence-electron chi connectivity index (χ3n) is 3.06. The van der Waals surface area contributed by atoms with Crippen LogP contribution in [0.25, 0.3) is 6.08 Å². The topological polar surface area (TPSA) is 72.2 Å². The molecule has 0 aliphatic heterocycles. The summed E-state index contributed by atoms with van der Waals surface area (Å²) < 4.78 is 0. The Morgan fingerprint density at radius 3 is 2.64 bits per heavy atom. The van der Waals surface area contributed by atoms with Crippen LogP contribution in [0.4, 0.5) is 5.69 Å². The summed E-state index contributed by atoms with van der Waals surface area (Å²) in [5.41, 5.74) is 1.78. The maximum absolute atomic E-state index is 11.7. The van der Waals surface area contributed by atoms with Gasteiger partial charge in [-0.2, -0.15) is 0 Å². The van der Waals surface area contributed by atoms with Gasteiger partial charge in [0.15, 0.2) is 0 Å². The molecule has 2 rings (SSSR count). The first-order valence-electron chi connectivity index (χ1n) is 6.89. The number of nitro benzene ring substituents is 1. The number of amides is 1. The Bertz CT molecular complexity index is 681.